The molecule has 1 aliphatic rings. The first-order valence-electron chi connectivity index (χ1n) is 9.26. The third-order valence-electron chi connectivity index (χ3n) is 5.27. The molecule has 1 aromatic carbocycles. The summed E-state index contributed by atoms with van der Waals surface area (Å²) in [4.78, 5) is 16.3. The van der Waals surface area contributed by atoms with E-state index in [-0.39, 0.29) is 36.3 Å². The highest BCUT2D eigenvalue weighted by Gasteiger charge is 2.43. The second kappa shape index (κ2) is 8.88. The molecule has 1 saturated carbocycles. The summed E-state index contributed by atoms with van der Waals surface area (Å²) >= 11 is 11.9. The number of benzene rings is 1. The van der Waals surface area contributed by atoms with Gasteiger partial charge in [-0.2, -0.15) is 13.2 Å². The average Bonchev–Trinajstić information content (AvgIpc) is 2.70. The van der Waals surface area contributed by atoms with Crippen LogP contribution in [0.2, 0.25) is 10.0 Å². The fraction of sp³-hybridized carbons (Fsp3) is 0.400. The molecule has 1 aliphatic carbocycles. The van der Waals surface area contributed by atoms with Crippen LogP contribution in [0.4, 0.5) is 22.0 Å². The zero-order valence-electron chi connectivity index (χ0n) is 15.8. The maximum absolute atomic E-state index is 14.0. The fourth-order valence-electron chi connectivity index (χ4n) is 3.58. The van der Waals surface area contributed by atoms with Crippen molar-refractivity contribution in [3.63, 3.8) is 0 Å². The molecule has 0 saturated heterocycles. The van der Waals surface area contributed by atoms with Crippen molar-refractivity contribution in [2.75, 3.05) is 0 Å². The maximum atomic E-state index is 14.0. The van der Waals surface area contributed by atoms with Crippen molar-refractivity contribution < 1.29 is 31.9 Å². The molecular formula is C20H17Cl2F5N2O2. The molecule has 3 rings (SSSR count). The van der Waals surface area contributed by atoms with Crippen molar-refractivity contribution in [2.45, 2.75) is 49.7 Å². The van der Waals surface area contributed by atoms with Crippen molar-refractivity contribution in [1.82, 2.24) is 10.3 Å². The van der Waals surface area contributed by atoms with Gasteiger partial charge in [0.25, 0.3) is 5.91 Å². The van der Waals surface area contributed by atoms with E-state index < -0.39 is 52.0 Å². The molecule has 2 aromatic rings. The van der Waals surface area contributed by atoms with E-state index >= 15 is 0 Å². The van der Waals surface area contributed by atoms with Crippen LogP contribution in [0.5, 0.6) is 0 Å². The number of nitrogens with zero attached hydrogens (tertiary/aromatic N) is 1. The smallest absolute Gasteiger partial charge is 0.387 e. The number of carbonyl (C=O) groups is 1. The lowest BCUT2D eigenvalue weighted by molar-refractivity contribution is -0.137. The minimum absolute atomic E-state index is 0.00902. The van der Waals surface area contributed by atoms with E-state index in [0.717, 1.165) is 6.07 Å². The Kier molecular flexibility index (Phi) is 6.78. The molecule has 0 radical (unpaired) electrons. The van der Waals surface area contributed by atoms with Gasteiger partial charge in [-0.3, -0.25) is 4.79 Å². The third kappa shape index (κ3) is 5.10. The summed E-state index contributed by atoms with van der Waals surface area (Å²) in [6.45, 7) is 0. The summed E-state index contributed by atoms with van der Waals surface area (Å²) in [5.74, 6) is -1.80. The van der Waals surface area contributed by atoms with Gasteiger partial charge in [-0.1, -0.05) is 35.3 Å². The van der Waals surface area contributed by atoms with E-state index in [2.05, 4.69) is 10.3 Å². The predicted molar refractivity (Wildman–Crippen MR) is 104 cm³/mol. The fourth-order valence-corrected chi connectivity index (χ4v) is 4.06. The van der Waals surface area contributed by atoms with E-state index in [1.54, 1.807) is 0 Å². The summed E-state index contributed by atoms with van der Waals surface area (Å²) < 4.78 is 66.2. The molecular weight excluding hydrogens is 466 g/mol. The highest BCUT2D eigenvalue weighted by molar-refractivity contribution is 6.33. The minimum Gasteiger partial charge on any atom is -0.387 e. The monoisotopic (exact) mass is 482 g/mol. The summed E-state index contributed by atoms with van der Waals surface area (Å²) in [6, 6.07) is 3.06. The van der Waals surface area contributed by atoms with Gasteiger partial charge in [0, 0.05) is 6.20 Å². The molecule has 0 bridgehead atoms. The first-order valence-corrected chi connectivity index (χ1v) is 10.0. The van der Waals surface area contributed by atoms with Gasteiger partial charge < -0.3 is 10.4 Å². The molecule has 0 aliphatic heterocycles. The van der Waals surface area contributed by atoms with Crippen LogP contribution in [0.25, 0.3) is 0 Å². The molecule has 2 N–H and O–H groups in total. The van der Waals surface area contributed by atoms with Gasteiger partial charge in [0.2, 0.25) is 0 Å². The van der Waals surface area contributed by atoms with Gasteiger partial charge in [-0.25, -0.2) is 13.8 Å². The van der Waals surface area contributed by atoms with Gasteiger partial charge in [-0.05, 0) is 43.4 Å². The molecule has 11 heteroatoms. The SMILES string of the molecule is O=C(NC(c1cccc(F)c1Cl)[C@]1(O)CC[C@@H](F)CC1)c1ncc(C(F)(F)F)cc1Cl. The second-order valence-electron chi connectivity index (χ2n) is 7.38. The summed E-state index contributed by atoms with van der Waals surface area (Å²) in [7, 11) is 0. The molecule has 1 amide bonds. The topological polar surface area (TPSA) is 62.2 Å². The molecule has 1 aromatic heterocycles. The third-order valence-corrected chi connectivity index (χ3v) is 5.96. The van der Waals surface area contributed by atoms with Crippen LogP contribution in [0.1, 0.15) is 53.3 Å². The highest BCUT2D eigenvalue weighted by Crippen LogP contribution is 2.42. The van der Waals surface area contributed by atoms with Gasteiger partial charge in [0.15, 0.2) is 0 Å². The Morgan fingerprint density at radius 2 is 1.90 bits per heavy atom. The van der Waals surface area contributed by atoms with Crippen LogP contribution >= 0.6 is 23.2 Å². The Morgan fingerprint density at radius 3 is 2.48 bits per heavy atom. The number of nitrogens with one attached hydrogen (secondary N) is 1. The number of aromatic nitrogens is 1. The van der Waals surface area contributed by atoms with E-state index in [9.17, 15) is 31.9 Å². The van der Waals surface area contributed by atoms with Crippen LogP contribution in [0, 0.1) is 5.82 Å². The number of carbonyl (C=O) groups excluding carboxylic acids is 1. The zero-order chi connectivity index (χ0) is 23.0. The molecule has 1 atom stereocenters. The molecule has 1 fully saturated rings. The largest absolute Gasteiger partial charge is 0.417 e. The van der Waals surface area contributed by atoms with Gasteiger partial charge in [-0.15, -0.1) is 0 Å². The molecule has 0 spiro atoms. The van der Waals surface area contributed by atoms with Crippen molar-refractivity contribution in [3.05, 3.63) is 63.1 Å². The Morgan fingerprint density at radius 1 is 1.26 bits per heavy atom. The average molecular weight is 483 g/mol. The molecule has 4 nitrogen and oxygen atoms in total. The lowest BCUT2D eigenvalue weighted by atomic mass is 9.76. The van der Waals surface area contributed by atoms with Crippen LogP contribution in [0.15, 0.2) is 30.5 Å². The van der Waals surface area contributed by atoms with Crippen LogP contribution in [0.3, 0.4) is 0 Å². The Hall–Kier alpha value is -1.97. The standard InChI is InChI=1S/C20H17Cl2F5N2O2/c21-13-8-10(20(25,26)27)9-28-16(13)18(30)29-17(12-2-1-3-14(24)15(12)22)19(31)6-4-11(23)5-7-19/h1-3,8-9,11,17,31H,4-7H2,(H,29,30)/t11-,17?,19+. The number of halogens is 7. The molecule has 1 unspecified atom stereocenters. The van der Waals surface area contributed by atoms with Crippen LogP contribution in [-0.2, 0) is 6.18 Å². The van der Waals surface area contributed by atoms with Gasteiger partial charge in [0.1, 0.15) is 17.7 Å². The Labute approximate surface area is 184 Å². The molecule has 168 valence electrons. The predicted octanol–water partition coefficient (Wildman–Crippen LogP) is 5.66. The minimum atomic E-state index is -4.70. The summed E-state index contributed by atoms with van der Waals surface area (Å²) in [5.41, 5.74) is -3.29. The normalized spacial score (nSPS) is 22.8. The van der Waals surface area contributed by atoms with E-state index in [4.69, 9.17) is 23.2 Å². The van der Waals surface area contributed by atoms with E-state index in [1.807, 2.05) is 0 Å². The number of hydrogen-bond acceptors (Lipinski definition) is 3. The lowest BCUT2D eigenvalue weighted by Gasteiger charge is -2.41. The van der Waals surface area contributed by atoms with Crippen LogP contribution < -0.4 is 5.32 Å². The number of aliphatic hydroxyl groups is 1. The summed E-state index contributed by atoms with van der Waals surface area (Å²) in [6.07, 6.45) is -5.48. The number of rotatable bonds is 4. The number of pyridine rings is 1. The van der Waals surface area contributed by atoms with Crippen LogP contribution in [-0.4, -0.2) is 27.8 Å². The van der Waals surface area contributed by atoms with Crippen molar-refractivity contribution >= 4 is 29.1 Å². The highest BCUT2D eigenvalue weighted by atomic mass is 35.5. The number of alkyl halides is 4. The second-order valence-corrected chi connectivity index (χ2v) is 8.17. The van der Waals surface area contributed by atoms with E-state index in [1.165, 1.54) is 12.1 Å². The summed E-state index contributed by atoms with van der Waals surface area (Å²) in [5, 5.41) is 12.7. The lowest BCUT2D eigenvalue weighted by Crippen LogP contribution is -2.49. The van der Waals surface area contributed by atoms with Gasteiger partial charge in [0.05, 0.1) is 27.3 Å². The van der Waals surface area contributed by atoms with Crippen molar-refractivity contribution in [2.24, 2.45) is 0 Å². The Bertz CT molecular complexity index is 979. The molecule has 31 heavy (non-hydrogen) atoms. The van der Waals surface area contributed by atoms with Crippen molar-refractivity contribution in [3.8, 4) is 0 Å². The van der Waals surface area contributed by atoms with E-state index in [0.29, 0.717) is 12.3 Å². The quantitative estimate of drug-likeness (QED) is 0.552. The van der Waals surface area contributed by atoms with Crippen molar-refractivity contribution in [1.29, 1.82) is 0 Å². The number of amides is 1. The first-order chi connectivity index (χ1) is 14.4. The molecule has 1 heterocycles. The first kappa shape index (κ1) is 23.7. The van der Waals surface area contributed by atoms with Gasteiger partial charge >= 0.3 is 6.18 Å². The zero-order valence-corrected chi connectivity index (χ0v) is 17.3. The number of hydrogen-bond donors (Lipinski definition) is 2. The Balaban J connectivity index is 1.97. The maximum Gasteiger partial charge on any atom is 0.417 e.